The molecule has 2 atom stereocenters. The minimum absolute atomic E-state index is 0.0953. The molecule has 0 radical (unpaired) electrons. The van der Waals surface area contributed by atoms with Crippen LogP contribution in [0.25, 0.3) is 6.08 Å². The van der Waals surface area contributed by atoms with Gasteiger partial charge in [-0.05, 0) is 36.6 Å². The van der Waals surface area contributed by atoms with E-state index in [-0.39, 0.29) is 23.7 Å². The predicted molar refractivity (Wildman–Crippen MR) is 92.4 cm³/mol. The number of alkyl halides is 3. The molecule has 1 aliphatic carbocycles. The van der Waals surface area contributed by atoms with Crippen molar-refractivity contribution in [3.63, 3.8) is 0 Å². The minimum Gasteiger partial charge on any atom is -0.480 e. The summed E-state index contributed by atoms with van der Waals surface area (Å²) in [5.74, 6) is -1.43. The molecule has 0 bridgehead atoms. The second kappa shape index (κ2) is 7.34. The number of hydrogen-bond acceptors (Lipinski definition) is 3. The highest BCUT2D eigenvalue weighted by atomic mass is 32.2. The lowest BCUT2D eigenvalue weighted by Gasteiger charge is -2.43. The summed E-state index contributed by atoms with van der Waals surface area (Å²) in [6.45, 7) is -0.356. The van der Waals surface area contributed by atoms with Gasteiger partial charge in [0.25, 0.3) is 5.91 Å². The number of hydrogen-bond donors (Lipinski definition) is 1. The van der Waals surface area contributed by atoms with Crippen LogP contribution >= 0.6 is 11.8 Å². The molecule has 8 heteroatoms. The second-order valence-electron chi connectivity index (χ2n) is 6.46. The van der Waals surface area contributed by atoms with Gasteiger partial charge in [0.05, 0.1) is 10.5 Å². The van der Waals surface area contributed by atoms with Gasteiger partial charge in [-0.15, -0.1) is 11.8 Å². The quantitative estimate of drug-likeness (QED) is 0.799. The molecule has 1 saturated heterocycles. The number of fused-ring (bicyclic) bond motifs is 1. The highest BCUT2D eigenvalue weighted by molar-refractivity contribution is 8.04. The molecule has 1 saturated carbocycles. The van der Waals surface area contributed by atoms with Crippen molar-refractivity contribution in [2.24, 2.45) is 0 Å². The Hall–Kier alpha value is -1.96. The molecule has 1 heterocycles. The zero-order valence-corrected chi connectivity index (χ0v) is 14.6. The highest BCUT2D eigenvalue weighted by Crippen LogP contribution is 2.42. The van der Waals surface area contributed by atoms with E-state index in [2.05, 4.69) is 0 Å². The first-order chi connectivity index (χ1) is 12.3. The van der Waals surface area contributed by atoms with Gasteiger partial charge in [-0.1, -0.05) is 25.0 Å². The molecular formula is C18H18F3NO3S. The lowest BCUT2D eigenvalue weighted by Crippen LogP contribution is -2.53. The monoisotopic (exact) mass is 385 g/mol. The average molecular weight is 385 g/mol. The van der Waals surface area contributed by atoms with Gasteiger partial charge in [-0.25, -0.2) is 0 Å². The van der Waals surface area contributed by atoms with Gasteiger partial charge in [0.15, 0.2) is 0 Å². The van der Waals surface area contributed by atoms with Gasteiger partial charge in [0.1, 0.15) is 6.54 Å². The first-order valence-corrected chi connectivity index (χ1v) is 9.22. The van der Waals surface area contributed by atoms with Crippen LogP contribution in [0.1, 0.15) is 36.8 Å². The Morgan fingerprint density at radius 2 is 1.88 bits per heavy atom. The van der Waals surface area contributed by atoms with E-state index in [9.17, 15) is 22.8 Å². The van der Waals surface area contributed by atoms with E-state index in [1.165, 1.54) is 28.8 Å². The van der Waals surface area contributed by atoms with Crippen molar-refractivity contribution in [3.05, 3.63) is 40.3 Å². The topological polar surface area (TPSA) is 57.6 Å². The van der Waals surface area contributed by atoms with Gasteiger partial charge in [-0.2, -0.15) is 13.2 Å². The molecule has 4 nitrogen and oxygen atoms in total. The van der Waals surface area contributed by atoms with Crippen LogP contribution in [-0.4, -0.2) is 39.7 Å². The van der Waals surface area contributed by atoms with Crippen molar-refractivity contribution in [3.8, 4) is 0 Å². The molecule has 3 rings (SSSR count). The normalized spacial score (nSPS) is 25.3. The summed E-state index contributed by atoms with van der Waals surface area (Å²) in [7, 11) is 0. The number of benzene rings is 1. The Morgan fingerprint density at radius 1 is 1.23 bits per heavy atom. The van der Waals surface area contributed by atoms with Crippen molar-refractivity contribution in [1.29, 1.82) is 0 Å². The molecule has 0 aromatic heterocycles. The number of amides is 1. The number of nitrogens with zero attached hydrogens (tertiary/aromatic N) is 1. The van der Waals surface area contributed by atoms with E-state index in [1.54, 1.807) is 6.08 Å². The molecule has 1 N–H and O–H groups in total. The van der Waals surface area contributed by atoms with Crippen molar-refractivity contribution in [2.75, 3.05) is 6.54 Å². The van der Waals surface area contributed by atoms with E-state index >= 15 is 0 Å². The maximum atomic E-state index is 12.7. The third kappa shape index (κ3) is 4.06. The summed E-state index contributed by atoms with van der Waals surface area (Å²) < 4.78 is 38.0. The standard InChI is InChI=1S/C18H18F3NO3S/c19-18(20,21)12-7-5-11(6-8-12)9-15-17(25)22(10-16(23)24)13-3-1-2-4-14(13)26-15/h5-9,13-14H,1-4,10H2,(H,23,24)/b15-9+. The summed E-state index contributed by atoms with van der Waals surface area (Å²) >= 11 is 1.41. The second-order valence-corrected chi connectivity index (χ2v) is 7.74. The van der Waals surface area contributed by atoms with Crippen LogP contribution < -0.4 is 0 Å². The Bertz CT molecular complexity index is 730. The molecule has 1 amide bonds. The lowest BCUT2D eigenvalue weighted by molar-refractivity contribution is -0.144. The molecule has 1 aromatic rings. The predicted octanol–water partition coefficient (Wildman–Crippen LogP) is 4.02. The molecule has 26 heavy (non-hydrogen) atoms. The Labute approximate surface area is 153 Å². The van der Waals surface area contributed by atoms with E-state index in [4.69, 9.17) is 5.11 Å². The minimum atomic E-state index is -4.41. The fourth-order valence-corrected chi connectivity index (χ4v) is 4.90. The van der Waals surface area contributed by atoms with Crippen LogP contribution in [0, 0.1) is 0 Å². The number of halogens is 3. The zero-order valence-electron chi connectivity index (χ0n) is 13.8. The average Bonchev–Trinajstić information content (AvgIpc) is 2.58. The van der Waals surface area contributed by atoms with Gasteiger partial charge in [0.2, 0.25) is 0 Å². The third-order valence-electron chi connectivity index (χ3n) is 4.66. The molecule has 1 aliphatic heterocycles. The summed E-state index contributed by atoms with van der Waals surface area (Å²) in [4.78, 5) is 25.7. The van der Waals surface area contributed by atoms with Gasteiger partial charge >= 0.3 is 12.1 Å². The number of thioether (sulfide) groups is 1. The SMILES string of the molecule is O=C(O)CN1C(=O)/C(=C\c2ccc(C(F)(F)F)cc2)SC2CCCCC21. The smallest absolute Gasteiger partial charge is 0.416 e. The van der Waals surface area contributed by atoms with Gasteiger partial charge in [0, 0.05) is 11.3 Å². The number of carboxylic acids is 1. The molecule has 1 aromatic carbocycles. The van der Waals surface area contributed by atoms with Crippen LogP contribution in [0.3, 0.4) is 0 Å². The van der Waals surface area contributed by atoms with E-state index in [0.717, 1.165) is 37.8 Å². The molecule has 2 aliphatic rings. The molecule has 2 unspecified atom stereocenters. The number of aliphatic carboxylic acids is 1. The van der Waals surface area contributed by atoms with E-state index in [0.29, 0.717) is 10.5 Å². The first-order valence-electron chi connectivity index (χ1n) is 8.34. The summed E-state index contributed by atoms with van der Waals surface area (Å²) in [5, 5.41) is 9.26. The molecule has 140 valence electrons. The fourth-order valence-electron chi connectivity index (χ4n) is 3.43. The number of carbonyl (C=O) groups is 2. The lowest BCUT2D eigenvalue weighted by atomic mass is 9.93. The van der Waals surface area contributed by atoms with Crippen molar-refractivity contribution < 1.29 is 27.9 Å². The molecule has 0 spiro atoms. The van der Waals surface area contributed by atoms with Gasteiger partial charge in [-0.3, -0.25) is 9.59 Å². The van der Waals surface area contributed by atoms with Crippen molar-refractivity contribution >= 4 is 29.7 Å². The third-order valence-corrected chi connectivity index (χ3v) is 6.06. The zero-order chi connectivity index (χ0) is 18.9. The van der Waals surface area contributed by atoms with Crippen LogP contribution in [-0.2, 0) is 15.8 Å². The largest absolute Gasteiger partial charge is 0.480 e. The van der Waals surface area contributed by atoms with Crippen LogP contribution in [0.4, 0.5) is 13.2 Å². The van der Waals surface area contributed by atoms with Crippen molar-refractivity contribution in [2.45, 2.75) is 43.2 Å². The maximum Gasteiger partial charge on any atom is 0.416 e. The highest BCUT2D eigenvalue weighted by Gasteiger charge is 2.41. The first kappa shape index (κ1) is 18.8. The Kier molecular flexibility index (Phi) is 5.32. The molecular weight excluding hydrogens is 367 g/mol. The van der Waals surface area contributed by atoms with Crippen molar-refractivity contribution in [1.82, 2.24) is 4.90 Å². The fraction of sp³-hybridized carbons (Fsp3) is 0.444. The molecule has 2 fully saturated rings. The van der Waals surface area contributed by atoms with E-state index in [1.807, 2.05) is 0 Å². The summed E-state index contributed by atoms with van der Waals surface area (Å²) in [6, 6.07) is 4.49. The van der Waals surface area contributed by atoms with Crippen LogP contribution in [0.15, 0.2) is 29.2 Å². The Balaban J connectivity index is 1.87. The summed E-state index contributed by atoms with van der Waals surface area (Å²) in [6.07, 6.45) is 0.800. The number of carboxylic acid groups (broad SMARTS) is 1. The van der Waals surface area contributed by atoms with Gasteiger partial charge < -0.3 is 10.0 Å². The Morgan fingerprint density at radius 3 is 2.50 bits per heavy atom. The number of rotatable bonds is 3. The van der Waals surface area contributed by atoms with Crippen LogP contribution in [0.5, 0.6) is 0 Å². The van der Waals surface area contributed by atoms with Crippen LogP contribution in [0.2, 0.25) is 0 Å². The maximum absolute atomic E-state index is 12.7. The van der Waals surface area contributed by atoms with E-state index < -0.39 is 17.7 Å². The number of carbonyl (C=O) groups excluding carboxylic acids is 1. The summed E-state index contributed by atoms with van der Waals surface area (Å²) in [5.41, 5.74) is -0.263.